The summed E-state index contributed by atoms with van der Waals surface area (Å²) >= 11 is 5.99. The Morgan fingerprint density at radius 3 is 2.96 bits per heavy atom. The molecule has 6 heteroatoms. The van der Waals surface area contributed by atoms with E-state index in [-0.39, 0.29) is 6.03 Å². The molecule has 5 nitrogen and oxygen atoms in total. The lowest BCUT2D eigenvalue weighted by Gasteiger charge is -2.21. The average molecular weight is 340 g/mol. The predicted octanol–water partition coefficient (Wildman–Crippen LogP) is 3.54. The van der Waals surface area contributed by atoms with Gasteiger partial charge >= 0.3 is 6.03 Å². The van der Waals surface area contributed by atoms with E-state index in [1.807, 2.05) is 11.8 Å². The van der Waals surface area contributed by atoms with Crippen LogP contribution in [0.1, 0.15) is 20.3 Å². The fraction of sp³-hybridized carbons (Fsp3) is 0.588. The number of carbonyl (C=O) groups excluding carboxylic acids is 1. The predicted molar refractivity (Wildman–Crippen MR) is 94.5 cm³/mol. The summed E-state index contributed by atoms with van der Waals surface area (Å²) < 4.78 is 5.55. The van der Waals surface area contributed by atoms with Gasteiger partial charge in [-0.25, -0.2) is 4.79 Å². The molecule has 2 rings (SSSR count). The van der Waals surface area contributed by atoms with Gasteiger partial charge in [0.05, 0.1) is 12.3 Å². The Morgan fingerprint density at radius 2 is 2.26 bits per heavy atom. The molecule has 1 aliphatic heterocycles. The molecule has 1 atom stereocenters. The molecule has 23 heavy (non-hydrogen) atoms. The Labute approximate surface area is 143 Å². The molecule has 0 saturated carbocycles. The van der Waals surface area contributed by atoms with E-state index in [2.05, 4.69) is 24.2 Å². The maximum absolute atomic E-state index is 12.5. The van der Waals surface area contributed by atoms with Crippen LogP contribution < -0.4 is 10.1 Å². The number of halogens is 1. The van der Waals surface area contributed by atoms with Crippen LogP contribution in [-0.4, -0.2) is 55.7 Å². The minimum absolute atomic E-state index is 0.0741. The highest BCUT2D eigenvalue weighted by Crippen LogP contribution is 2.29. The Bertz CT molecular complexity index is 539. The molecule has 2 amide bonds. The van der Waals surface area contributed by atoms with Crippen molar-refractivity contribution in [3.63, 3.8) is 0 Å². The van der Waals surface area contributed by atoms with Crippen molar-refractivity contribution in [1.29, 1.82) is 0 Å². The molecule has 1 heterocycles. The van der Waals surface area contributed by atoms with Gasteiger partial charge in [-0.1, -0.05) is 18.5 Å². The Balaban J connectivity index is 1.95. The molecule has 0 unspecified atom stereocenters. The first-order valence-electron chi connectivity index (χ1n) is 8.20. The van der Waals surface area contributed by atoms with Crippen LogP contribution in [0, 0.1) is 5.92 Å². The first-order valence-corrected chi connectivity index (χ1v) is 8.58. The third kappa shape index (κ3) is 5.01. The largest absolute Gasteiger partial charge is 0.492 e. The van der Waals surface area contributed by atoms with Gasteiger partial charge in [-0.3, -0.25) is 0 Å². The van der Waals surface area contributed by atoms with E-state index in [1.165, 1.54) is 0 Å². The van der Waals surface area contributed by atoms with Gasteiger partial charge < -0.3 is 19.9 Å². The van der Waals surface area contributed by atoms with E-state index >= 15 is 0 Å². The number of nitrogens with zero attached hydrogens (tertiary/aromatic N) is 2. The first kappa shape index (κ1) is 17.9. The average Bonchev–Trinajstić information content (AvgIpc) is 2.98. The van der Waals surface area contributed by atoms with E-state index in [1.54, 1.807) is 18.2 Å². The van der Waals surface area contributed by atoms with Gasteiger partial charge in [0.1, 0.15) is 5.75 Å². The van der Waals surface area contributed by atoms with Crippen molar-refractivity contribution in [1.82, 2.24) is 9.80 Å². The summed E-state index contributed by atoms with van der Waals surface area (Å²) in [5.74, 6) is 1.15. The second-order valence-electron chi connectivity index (χ2n) is 5.96. The van der Waals surface area contributed by atoms with Crippen molar-refractivity contribution in [3.05, 3.63) is 23.2 Å². The highest BCUT2D eigenvalue weighted by Gasteiger charge is 2.27. The number of carbonyl (C=O) groups is 1. The summed E-state index contributed by atoms with van der Waals surface area (Å²) in [6.45, 7) is 8.24. The van der Waals surface area contributed by atoms with Gasteiger partial charge in [-0.15, -0.1) is 0 Å². The molecule has 1 aromatic rings. The van der Waals surface area contributed by atoms with Crippen molar-refractivity contribution in [2.45, 2.75) is 20.3 Å². The van der Waals surface area contributed by atoms with Crippen molar-refractivity contribution in [2.24, 2.45) is 5.92 Å². The maximum Gasteiger partial charge on any atom is 0.321 e. The Morgan fingerprint density at radius 1 is 1.48 bits per heavy atom. The first-order chi connectivity index (χ1) is 11.0. The molecule has 1 aliphatic rings. The van der Waals surface area contributed by atoms with Crippen LogP contribution in [0.4, 0.5) is 10.5 Å². The highest BCUT2D eigenvalue weighted by atomic mass is 35.5. The number of urea groups is 1. The SMILES string of the molecule is CCOc1cc(Cl)ccc1NC(=O)N1CC[C@H](CN(C)CC)C1. The molecular weight excluding hydrogens is 314 g/mol. The molecule has 1 aromatic carbocycles. The van der Waals surface area contributed by atoms with Gasteiger partial charge in [-0.2, -0.15) is 0 Å². The van der Waals surface area contributed by atoms with Crippen LogP contribution in [-0.2, 0) is 0 Å². The van der Waals surface area contributed by atoms with Crippen LogP contribution in [0.5, 0.6) is 5.75 Å². The zero-order valence-corrected chi connectivity index (χ0v) is 14.9. The fourth-order valence-electron chi connectivity index (χ4n) is 2.80. The van der Waals surface area contributed by atoms with E-state index in [0.29, 0.717) is 29.0 Å². The van der Waals surface area contributed by atoms with E-state index in [9.17, 15) is 4.79 Å². The van der Waals surface area contributed by atoms with Crippen molar-refractivity contribution in [2.75, 3.05) is 45.2 Å². The third-order valence-electron chi connectivity index (χ3n) is 4.17. The molecule has 1 saturated heterocycles. The topological polar surface area (TPSA) is 44.8 Å². The lowest BCUT2D eigenvalue weighted by Crippen LogP contribution is -2.34. The van der Waals surface area contributed by atoms with Gasteiger partial charge in [0.2, 0.25) is 0 Å². The fourth-order valence-corrected chi connectivity index (χ4v) is 2.97. The molecule has 1 fully saturated rings. The zero-order chi connectivity index (χ0) is 16.8. The number of rotatable bonds is 6. The molecule has 0 radical (unpaired) electrons. The highest BCUT2D eigenvalue weighted by molar-refractivity contribution is 6.30. The summed E-state index contributed by atoms with van der Waals surface area (Å²) in [4.78, 5) is 16.6. The molecular formula is C17H26ClN3O2. The molecule has 1 N–H and O–H groups in total. The van der Waals surface area contributed by atoms with E-state index in [4.69, 9.17) is 16.3 Å². The lowest BCUT2D eigenvalue weighted by atomic mass is 10.1. The number of anilines is 1. The molecule has 0 aliphatic carbocycles. The summed E-state index contributed by atoms with van der Waals surface area (Å²) in [7, 11) is 2.12. The van der Waals surface area contributed by atoms with Gasteiger partial charge in [0.25, 0.3) is 0 Å². The molecule has 128 valence electrons. The zero-order valence-electron chi connectivity index (χ0n) is 14.1. The van der Waals surface area contributed by atoms with Crippen LogP contribution in [0.25, 0.3) is 0 Å². The second kappa shape index (κ2) is 8.41. The van der Waals surface area contributed by atoms with Crippen molar-refractivity contribution in [3.8, 4) is 5.75 Å². The summed E-state index contributed by atoms with van der Waals surface area (Å²) in [5.41, 5.74) is 0.662. The van der Waals surface area contributed by atoms with E-state index < -0.39 is 0 Å². The van der Waals surface area contributed by atoms with Crippen LogP contribution in [0.2, 0.25) is 5.02 Å². The summed E-state index contributed by atoms with van der Waals surface area (Å²) in [5, 5.41) is 3.53. The van der Waals surface area contributed by atoms with Crippen LogP contribution >= 0.6 is 11.6 Å². The number of nitrogens with one attached hydrogen (secondary N) is 1. The van der Waals surface area contributed by atoms with Crippen molar-refractivity contribution < 1.29 is 9.53 Å². The Hall–Kier alpha value is -1.46. The van der Waals surface area contributed by atoms with Crippen LogP contribution in [0.15, 0.2) is 18.2 Å². The van der Waals surface area contributed by atoms with Crippen molar-refractivity contribution >= 4 is 23.3 Å². The molecule has 0 aromatic heterocycles. The number of benzene rings is 1. The second-order valence-corrected chi connectivity index (χ2v) is 6.40. The van der Waals surface area contributed by atoms with Gasteiger partial charge in [-0.05, 0) is 45.0 Å². The minimum Gasteiger partial charge on any atom is -0.492 e. The normalized spacial score (nSPS) is 17.6. The number of hydrogen-bond acceptors (Lipinski definition) is 3. The summed E-state index contributed by atoms with van der Waals surface area (Å²) in [6, 6.07) is 5.19. The molecule has 0 bridgehead atoms. The lowest BCUT2D eigenvalue weighted by molar-refractivity contribution is 0.217. The molecule has 0 spiro atoms. The summed E-state index contributed by atoms with van der Waals surface area (Å²) in [6.07, 6.45) is 1.05. The quantitative estimate of drug-likeness (QED) is 0.862. The monoisotopic (exact) mass is 339 g/mol. The Kier molecular flexibility index (Phi) is 6.54. The smallest absolute Gasteiger partial charge is 0.321 e. The van der Waals surface area contributed by atoms with Gasteiger partial charge in [0.15, 0.2) is 0 Å². The number of likely N-dealkylation sites (tertiary alicyclic amines) is 1. The number of ether oxygens (including phenoxy) is 1. The third-order valence-corrected chi connectivity index (χ3v) is 4.40. The van der Waals surface area contributed by atoms with Crippen LogP contribution in [0.3, 0.4) is 0 Å². The van der Waals surface area contributed by atoms with Gasteiger partial charge in [0, 0.05) is 30.7 Å². The minimum atomic E-state index is -0.0741. The number of hydrogen-bond donors (Lipinski definition) is 1. The maximum atomic E-state index is 12.5. The standard InChI is InChI=1S/C17H26ClN3O2/c1-4-20(3)11-13-8-9-21(12-13)17(22)19-15-7-6-14(18)10-16(15)23-5-2/h6-7,10,13H,4-5,8-9,11-12H2,1-3H3,(H,19,22)/t13-/m1/s1. The number of amides is 2. The van der Waals surface area contributed by atoms with E-state index in [0.717, 1.165) is 32.6 Å².